The van der Waals surface area contributed by atoms with E-state index in [0.29, 0.717) is 25.1 Å². The van der Waals surface area contributed by atoms with E-state index in [9.17, 15) is 19.8 Å². The molecule has 0 unspecified atom stereocenters. The first kappa shape index (κ1) is 21.0. The lowest BCUT2D eigenvalue weighted by molar-refractivity contribution is -0.163. The van der Waals surface area contributed by atoms with Crippen molar-refractivity contribution in [3.05, 3.63) is 71.3 Å². The van der Waals surface area contributed by atoms with Crippen molar-refractivity contribution >= 4 is 11.9 Å². The third kappa shape index (κ3) is 4.66. The monoisotopic (exact) mass is 396 g/mol. The van der Waals surface area contributed by atoms with E-state index in [1.165, 1.54) is 4.90 Å². The third-order valence-electron chi connectivity index (χ3n) is 5.66. The zero-order valence-corrected chi connectivity index (χ0v) is 16.9. The Kier molecular flexibility index (Phi) is 6.35. The smallest absolute Gasteiger partial charge is 0.313 e. The summed E-state index contributed by atoms with van der Waals surface area (Å²) in [6.45, 7) is 1.48. The van der Waals surface area contributed by atoms with Crippen molar-refractivity contribution in [3.8, 4) is 0 Å². The number of rotatable bonds is 6. The number of carbonyl (C=O) groups excluding carboxylic acids is 1. The molecule has 154 valence electrons. The lowest BCUT2D eigenvalue weighted by atomic mass is 9.72. The number of nitrogens with zero attached hydrogens (tertiary/aromatic N) is 2. The van der Waals surface area contributed by atoms with E-state index in [2.05, 4.69) is 4.90 Å². The summed E-state index contributed by atoms with van der Waals surface area (Å²) in [5.41, 5.74) is 1.30. The molecule has 0 bridgehead atoms. The number of carbonyl (C=O) groups is 2. The Morgan fingerprint density at radius 2 is 1.72 bits per heavy atom. The number of carboxylic acid groups (broad SMARTS) is 1. The van der Waals surface area contributed by atoms with Crippen LogP contribution in [0.2, 0.25) is 0 Å². The predicted octanol–water partition coefficient (Wildman–Crippen LogP) is 2.27. The Balaban J connectivity index is 1.76. The maximum absolute atomic E-state index is 12.2. The topological polar surface area (TPSA) is 81.1 Å². The Bertz CT molecular complexity index is 851. The predicted molar refractivity (Wildman–Crippen MR) is 111 cm³/mol. The van der Waals surface area contributed by atoms with Crippen molar-refractivity contribution in [2.24, 2.45) is 5.41 Å². The van der Waals surface area contributed by atoms with Crippen LogP contribution in [0.25, 0.3) is 0 Å². The Labute approximate surface area is 171 Å². The number of amides is 1. The van der Waals surface area contributed by atoms with Gasteiger partial charge in [0.25, 0.3) is 5.91 Å². The fourth-order valence-electron chi connectivity index (χ4n) is 3.99. The number of hydrogen-bond acceptors (Lipinski definition) is 4. The molecule has 0 aromatic heterocycles. The first-order valence-corrected chi connectivity index (χ1v) is 9.80. The maximum Gasteiger partial charge on any atom is 0.313 e. The second-order valence-electron chi connectivity index (χ2n) is 8.04. The molecular formula is C23H28N2O4. The number of aliphatic carboxylic acids is 1. The molecule has 1 heterocycles. The van der Waals surface area contributed by atoms with Gasteiger partial charge in [-0.1, -0.05) is 42.5 Å². The van der Waals surface area contributed by atoms with E-state index in [1.807, 2.05) is 42.5 Å². The largest absolute Gasteiger partial charge is 0.481 e. The van der Waals surface area contributed by atoms with Gasteiger partial charge >= 0.3 is 5.97 Å². The van der Waals surface area contributed by atoms with E-state index in [1.54, 1.807) is 26.2 Å². The summed E-state index contributed by atoms with van der Waals surface area (Å²) in [7, 11) is 3.43. The van der Waals surface area contributed by atoms with Gasteiger partial charge in [0.2, 0.25) is 0 Å². The van der Waals surface area contributed by atoms with Crippen molar-refractivity contribution in [1.29, 1.82) is 0 Å². The molecule has 6 nitrogen and oxygen atoms in total. The lowest BCUT2D eigenvalue weighted by Gasteiger charge is -2.43. The number of aliphatic hydroxyl groups excluding tert-OH is 1. The van der Waals surface area contributed by atoms with Gasteiger partial charge in [-0.15, -0.1) is 0 Å². The standard InChI is InChI=1S/C23H28N2O4/c1-24(2)21(27)19-10-8-18(9-11-19)15-25-13-12-20(26)23(16-25,22(28)29)14-17-6-4-3-5-7-17/h3-11,20,26H,12-16H2,1-2H3,(H,28,29)/t20-,23-/m1/s1. The fraction of sp³-hybridized carbons (Fsp3) is 0.391. The molecule has 1 aliphatic rings. The summed E-state index contributed by atoms with van der Waals surface area (Å²) < 4.78 is 0. The highest BCUT2D eigenvalue weighted by Gasteiger charge is 2.49. The van der Waals surface area contributed by atoms with Crippen LogP contribution in [0.4, 0.5) is 0 Å². The number of likely N-dealkylation sites (tertiary alicyclic amines) is 1. The molecule has 0 spiro atoms. The zero-order valence-electron chi connectivity index (χ0n) is 16.9. The molecule has 1 aliphatic heterocycles. The first-order chi connectivity index (χ1) is 13.8. The van der Waals surface area contributed by atoms with Crippen molar-refractivity contribution in [2.75, 3.05) is 27.2 Å². The summed E-state index contributed by atoms with van der Waals surface area (Å²) in [4.78, 5) is 27.9. The highest BCUT2D eigenvalue weighted by Crippen LogP contribution is 2.35. The molecule has 2 aromatic carbocycles. The molecule has 1 amide bonds. The van der Waals surface area contributed by atoms with Crippen LogP contribution >= 0.6 is 0 Å². The van der Waals surface area contributed by atoms with Crippen LogP contribution in [0.5, 0.6) is 0 Å². The minimum Gasteiger partial charge on any atom is -0.481 e. The van der Waals surface area contributed by atoms with Crippen molar-refractivity contribution in [1.82, 2.24) is 9.80 Å². The Hall–Kier alpha value is -2.70. The Morgan fingerprint density at radius 1 is 1.07 bits per heavy atom. The van der Waals surface area contributed by atoms with Crippen LogP contribution in [0.3, 0.4) is 0 Å². The van der Waals surface area contributed by atoms with Gasteiger partial charge in [-0.05, 0) is 36.1 Å². The van der Waals surface area contributed by atoms with Gasteiger partial charge in [-0.2, -0.15) is 0 Å². The summed E-state index contributed by atoms with van der Waals surface area (Å²) >= 11 is 0. The molecule has 1 saturated heterocycles. The second kappa shape index (κ2) is 8.76. The van der Waals surface area contributed by atoms with Gasteiger partial charge in [-0.3, -0.25) is 14.5 Å². The van der Waals surface area contributed by atoms with Gasteiger partial charge in [0, 0.05) is 39.3 Å². The zero-order chi connectivity index (χ0) is 21.0. The molecule has 6 heteroatoms. The maximum atomic E-state index is 12.2. The summed E-state index contributed by atoms with van der Waals surface area (Å²) in [6.07, 6.45) is -0.190. The fourth-order valence-corrected chi connectivity index (χ4v) is 3.99. The van der Waals surface area contributed by atoms with Gasteiger partial charge in [0.05, 0.1) is 6.10 Å². The minimum atomic E-state index is -1.24. The van der Waals surface area contributed by atoms with Crippen LogP contribution in [0.15, 0.2) is 54.6 Å². The molecule has 0 saturated carbocycles. The first-order valence-electron chi connectivity index (χ1n) is 9.80. The second-order valence-corrected chi connectivity index (χ2v) is 8.04. The van der Waals surface area contributed by atoms with Crippen molar-refractivity contribution in [3.63, 3.8) is 0 Å². The van der Waals surface area contributed by atoms with E-state index >= 15 is 0 Å². The average Bonchev–Trinajstić information content (AvgIpc) is 2.71. The highest BCUT2D eigenvalue weighted by atomic mass is 16.4. The molecule has 3 rings (SSSR count). The number of benzene rings is 2. The quantitative estimate of drug-likeness (QED) is 0.783. The SMILES string of the molecule is CN(C)C(=O)c1ccc(CN2CC[C@@H](O)[C@](Cc3ccccc3)(C(=O)O)C2)cc1. The van der Waals surface area contributed by atoms with Gasteiger partial charge in [0.15, 0.2) is 0 Å². The van der Waals surface area contributed by atoms with E-state index < -0.39 is 17.5 Å². The minimum absolute atomic E-state index is 0.0506. The van der Waals surface area contributed by atoms with Crippen molar-refractivity contribution < 1.29 is 19.8 Å². The molecule has 2 aromatic rings. The van der Waals surface area contributed by atoms with Gasteiger partial charge in [-0.25, -0.2) is 0 Å². The van der Waals surface area contributed by atoms with E-state index in [-0.39, 0.29) is 18.9 Å². The van der Waals surface area contributed by atoms with E-state index in [4.69, 9.17) is 0 Å². The number of piperidine rings is 1. The molecule has 0 radical (unpaired) electrons. The molecule has 29 heavy (non-hydrogen) atoms. The summed E-state index contributed by atoms with van der Waals surface area (Å²) in [6, 6.07) is 16.9. The summed E-state index contributed by atoms with van der Waals surface area (Å²) in [5, 5.41) is 20.7. The number of aliphatic hydroxyl groups is 1. The van der Waals surface area contributed by atoms with Crippen molar-refractivity contribution in [2.45, 2.75) is 25.5 Å². The van der Waals surface area contributed by atoms with Crippen LogP contribution in [0, 0.1) is 5.41 Å². The molecule has 0 aliphatic carbocycles. The lowest BCUT2D eigenvalue weighted by Crippen LogP contribution is -2.56. The van der Waals surface area contributed by atoms with Crippen LogP contribution in [-0.4, -0.2) is 65.2 Å². The molecule has 2 atom stereocenters. The van der Waals surface area contributed by atoms with Gasteiger partial charge < -0.3 is 15.1 Å². The normalized spacial score (nSPS) is 22.2. The number of carboxylic acids is 1. The van der Waals surface area contributed by atoms with E-state index in [0.717, 1.165) is 11.1 Å². The van der Waals surface area contributed by atoms with Gasteiger partial charge in [0.1, 0.15) is 5.41 Å². The molecule has 1 fully saturated rings. The Morgan fingerprint density at radius 3 is 2.31 bits per heavy atom. The number of hydrogen-bond donors (Lipinski definition) is 2. The average molecular weight is 396 g/mol. The van der Waals surface area contributed by atoms with Crippen LogP contribution in [-0.2, 0) is 17.8 Å². The third-order valence-corrected chi connectivity index (χ3v) is 5.66. The molecular weight excluding hydrogens is 368 g/mol. The van der Waals surface area contributed by atoms with Crippen LogP contribution < -0.4 is 0 Å². The molecule has 2 N–H and O–H groups in total. The highest BCUT2D eigenvalue weighted by molar-refractivity contribution is 5.93. The van der Waals surface area contributed by atoms with Crippen LogP contribution in [0.1, 0.15) is 27.9 Å². The summed E-state index contributed by atoms with van der Waals surface area (Å²) in [5.74, 6) is -1.02.